The predicted molar refractivity (Wildman–Crippen MR) is 77.6 cm³/mol. The SMILES string of the molecule is CN1c2ccccc2CN1[Si](C)(C)C(C)(C)C. The van der Waals surface area contributed by atoms with Gasteiger partial charge in [0.2, 0.25) is 0 Å². The Morgan fingerprint density at radius 1 is 1.12 bits per heavy atom. The number of para-hydroxylation sites is 1. The molecule has 2 rings (SSSR count). The maximum absolute atomic E-state index is 2.61. The number of hydrogen-bond acceptors (Lipinski definition) is 2. The molecule has 0 radical (unpaired) electrons. The van der Waals surface area contributed by atoms with Crippen LogP contribution in [0, 0.1) is 0 Å². The monoisotopic (exact) mass is 248 g/mol. The van der Waals surface area contributed by atoms with E-state index in [0.717, 1.165) is 6.54 Å². The first-order chi connectivity index (χ1) is 7.75. The Kier molecular flexibility index (Phi) is 2.87. The maximum Gasteiger partial charge on any atom is 0.152 e. The molecule has 1 aromatic rings. The fraction of sp³-hybridized carbons (Fsp3) is 0.571. The Labute approximate surface area is 106 Å². The number of hydrazine groups is 1. The third kappa shape index (κ3) is 1.91. The van der Waals surface area contributed by atoms with Crippen LogP contribution in [-0.4, -0.2) is 20.0 Å². The van der Waals surface area contributed by atoms with Gasteiger partial charge in [-0.2, -0.15) is 0 Å². The third-order valence-electron chi connectivity index (χ3n) is 4.50. The van der Waals surface area contributed by atoms with Crippen molar-refractivity contribution in [2.24, 2.45) is 0 Å². The molecule has 2 nitrogen and oxygen atoms in total. The smallest absolute Gasteiger partial charge is 0.152 e. The molecule has 1 heterocycles. The molecule has 0 aromatic heterocycles. The molecule has 0 bridgehead atoms. The highest BCUT2D eigenvalue weighted by molar-refractivity contribution is 6.77. The molecule has 1 aromatic carbocycles. The molecule has 0 aliphatic carbocycles. The number of benzene rings is 1. The van der Waals surface area contributed by atoms with Crippen LogP contribution >= 0.6 is 0 Å². The van der Waals surface area contributed by atoms with Crippen LogP contribution in [0.3, 0.4) is 0 Å². The Morgan fingerprint density at radius 2 is 1.71 bits per heavy atom. The minimum atomic E-state index is -1.47. The van der Waals surface area contributed by atoms with Crippen LogP contribution < -0.4 is 5.01 Å². The van der Waals surface area contributed by atoms with E-state index in [1.54, 1.807) is 0 Å². The highest BCUT2D eigenvalue weighted by Gasteiger charge is 2.45. The maximum atomic E-state index is 2.61. The largest absolute Gasteiger partial charge is 0.315 e. The summed E-state index contributed by atoms with van der Waals surface area (Å²) < 4.78 is 2.61. The zero-order valence-corrected chi connectivity index (χ0v) is 12.9. The van der Waals surface area contributed by atoms with Crippen molar-refractivity contribution in [1.82, 2.24) is 4.67 Å². The van der Waals surface area contributed by atoms with Crippen LogP contribution in [0.5, 0.6) is 0 Å². The van der Waals surface area contributed by atoms with Crippen LogP contribution in [-0.2, 0) is 6.54 Å². The molecular weight excluding hydrogens is 224 g/mol. The Morgan fingerprint density at radius 3 is 2.24 bits per heavy atom. The fourth-order valence-corrected chi connectivity index (χ4v) is 4.52. The van der Waals surface area contributed by atoms with Crippen LogP contribution in [0.1, 0.15) is 26.3 Å². The van der Waals surface area contributed by atoms with E-state index >= 15 is 0 Å². The predicted octanol–water partition coefficient (Wildman–Crippen LogP) is 3.86. The van der Waals surface area contributed by atoms with Crippen molar-refractivity contribution < 1.29 is 0 Å². The van der Waals surface area contributed by atoms with E-state index < -0.39 is 8.24 Å². The van der Waals surface area contributed by atoms with Gasteiger partial charge < -0.3 is 5.01 Å². The summed E-state index contributed by atoms with van der Waals surface area (Å²) in [5.41, 5.74) is 2.83. The highest BCUT2D eigenvalue weighted by atomic mass is 28.3. The second kappa shape index (κ2) is 3.85. The van der Waals surface area contributed by atoms with Crippen molar-refractivity contribution in [2.75, 3.05) is 12.1 Å². The van der Waals surface area contributed by atoms with E-state index in [1.807, 2.05) is 0 Å². The lowest BCUT2D eigenvalue weighted by Gasteiger charge is -2.47. The van der Waals surface area contributed by atoms with E-state index in [0.29, 0.717) is 5.04 Å². The molecule has 0 atom stereocenters. The van der Waals surface area contributed by atoms with Gasteiger partial charge in [0.1, 0.15) is 0 Å². The summed E-state index contributed by atoms with van der Waals surface area (Å²) in [6, 6.07) is 8.74. The van der Waals surface area contributed by atoms with Gasteiger partial charge in [-0.25, -0.2) is 4.67 Å². The number of anilines is 1. The average molecular weight is 248 g/mol. The first-order valence-electron chi connectivity index (χ1n) is 6.34. The van der Waals surface area contributed by atoms with Gasteiger partial charge in [0, 0.05) is 13.6 Å². The summed E-state index contributed by atoms with van der Waals surface area (Å²) in [5, 5.41) is 2.75. The molecule has 0 saturated heterocycles. The van der Waals surface area contributed by atoms with Gasteiger partial charge in [-0.1, -0.05) is 52.1 Å². The number of rotatable bonds is 1. The van der Waals surface area contributed by atoms with Crippen LogP contribution in [0.2, 0.25) is 18.1 Å². The van der Waals surface area contributed by atoms with Gasteiger partial charge in [-0.3, -0.25) is 0 Å². The lowest BCUT2D eigenvalue weighted by molar-refractivity contribution is 0.410. The summed E-state index contributed by atoms with van der Waals surface area (Å²) in [6.45, 7) is 13.1. The van der Waals surface area contributed by atoms with Crippen LogP contribution in [0.4, 0.5) is 5.69 Å². The summed E-state index contributed by atoms with van der Waals surface area (Å²) in [6.07, 6.45) is 0. The van der Waals surface area contributed by atoms with E-state index in [1.165, 1.54) is 11.3 Å². The minimum Gasteiger partial charge on any atom is -0.315 e. The van der Waals surface area contributed by atoms with E-state index in [-0.39, 0.29) is 0 Å². The second-order valence-electron chi connectivity index (χ2n) is 6.52. The molecule has 3 heteroatoms. The van der Waals surface area contributed by atoms with Crippen molar-refractivity contribution in [3.63, 3.8) is 0 Å². The molecule has 0 fully saturated rings. The first kappa shape index (κ1) is 12.6. The van der Waals surface area contributed by atoms with Gasteiger partial charge in [0.15, 0.2) is 8.24 Å². The zero-order chi connectivity index (χ0) is 12.8. The van der Waals surface area contributed by atoms with Gasteiger partial charge >= 0.3 is 0 Å². The van der Waals surface area contributed by atoms with Crippen molar-refractivity contribution >= 4 is 13.9 Å². The topological polar surface area (TPSA) is 6.48 Å². The van der Waals surface area contributed by atoms with Gasteiger partial charge in [-0.05, 0) is 16.7 Å². The molecule has 1 aliphatic heterocycles. The molecule has 1 aliphatic rings. The Bertz CT molecular complexity index is 420. The first-order valence-corrected chi connectivity index (χ1v) is 9.29. The van der Waals surface area contributed by atoms with Crippen molar-refractivity contribution in [2.45, 2.75) is 45.4 Å². The lowest BCUT2D eigenvalue weighted by atomic mass is 10.2. The molecule has 0 N–H and O–H groups in total. The third-order valence-corrected chi connectivity index (χ3v) is 9.92. The van der Waals surface area contributed by atoms with Gasteiger partial charge in [0.25, 0.3) is 0 Å². The van der Waals surface area contributed by atoms with E-state index in [2.05, 4.69) is 74.9 Å². The normalized spacial score (nSPS) is 17.4. The Balaban J connectivity index is 2.35. The van der Waals surface area contributed by atoms with Crippen LogP contribution in [0.25, 0.3) is 0 Å². The number of hydrogen-bond donors (Lipinski definition) is 0. The standard InChI is InChI=1S/C14H24N2Si/c1-14(2,3)17(5,6)16-11-12-9-7-8-10-13(12)15(16)4/h7-10H,11H2,1-6H3. The van der Waals surface area contributed by atoms with Crippen molar-refractivity contribution in [3.8, 4) is 0 Å². The van der Waals surface area contributed by atoms with Crippen molar-refractivity contribution in [1.29, 1.82) is 0 Å². The van der Waals surface area contributed by atoms with Crippen LogP contribution in [0.15, 0.2) is 24.3 Å². The highest BCUT2D eigenvalue weighted by Crippen LogP contribution is 2.43. The fourth-order valence-electron chi connectivity index (χ4n) is 2.32. The lowest BCUT2D eigenvalue weighted by Crippen LogP contribution is -2.58. The summed E-state index contributed by atoms with van der Waals surface area (Å²) >= 11 is 0. The summed E-state index contributed by atoms with van der Waals surface area (Å²) in [5.74, 6) is 0. The molecule has 0 amide bonds. The molecule has 0 spiro atoms. The molecule has 0 unspecified atom stereocenters. The van der Waals surface area contributed by atoms with Gasteiger partial charge in [0.05, 0.1) is 5.69 Å². The number of fused-ring (bicyclic) bond motifs is 1. The summed E-state index contributed by atoms with van der Waals surface area (Å²) in [4.78, 5) is 0. The van der Waals surface area contributed by atoms with Gasteiger partial charge in [-0.15, -0.1) is 0 Å². The number of nitrogens with zero attached hydrogens (tertiary/aromatic N) is 2. The Hall–Kier alpha value is -0.803. The second-order valence-corrected chi connectivity index (χ2v) is 11.7. The van der Waals surface area contributed by atoms with E-state index in [9.17, 15) is 0 Å². The molecule has 17 heavy (non-hydrogen) atoms. The molecular formula is C14H24N2Si. The summed E-state index contributed by atoms with van der Waals surface area (Å²) in [7, 11) is 0.727. The molecule has 94 valence electrons. The van der Waals surface area contributed by atoms with E-state index in [4.69, 9.17) is 0 Å². The van der Waals surface area contributed by atoms with Crippen molar-refractivity contribution in [3.05, 3.63) is 29.8 Å². The average Bonchev–Trinajstić information content (AvgIpc) is 2.56. The zero-order valence-electron chi connectivity index (χ0n) is 11.9. The quantitative estimate of drug-likeness (QED) is 0.696. The molecule has 0 saturated carbocycles. The minimum absolute atomic E-state index is 0.378.